The van der Waals surface area contributed by atoms with Crippen molar-refractivity contribution in [2.45, 2.75) is 31.2 Å². The van der Waals surface area contributed by atoms with Crippen LogP contribution >= 0.6 is 0 Å². The number of nitrogens with one attached hydrogen (secondary N) is 1. The first-order valence-electron chi connectivity index (χ1n) is 7.16. The van der Waals surface area contributed by atoms with Crippen LogP contribution in [0, 0.1) is 5.92 Å². The van der Waals surface area contributed by atoms with Crippen molar-refractivity contribution in [2.75, 3.05) is 20.5 Å². The summed E-state index contributed by atoms with van der Waals surface area (Å²) in [7, 11) is 1.60. The van der Waals surface area contributed by atoms with E-state index in [4.69, 9.17) is 14.2 Å². The van der Waals surface area contributed by atoms with Gasteiger partial charge in [-0.3, -0.25) is 0 Å². The van der Waals surface area contributed by atoms with E-state index in [1.165, 1.54) is 0 Å². The Hall–Kier alpha value is -1.34. The molecule has 1 aliphatic carbocycles. The molecule has 1 aromatic carbocycles. The van der Waals surface area contributed by atoms with Gasteiger partial charge < -0.3 is 29.7 Å². The summed E-state index contributed by atoms with van der Waals surface area (Å²) in [4.78, 5) is 0. The minimum Gasteiger partial charge on any atom is -0.454 e. The minimum absolute atomic E-state index is 0.0384. The van der Waals surface area contributed by atoms with Crippen LogP contribution in [-0.2, 0) is 11.3 Å². The zero-order valence-corrected chi connectivity index (χ0v) is 12.0. The van der Waals surface area contributed by atoms with Crippen molar-refractivity contribution >= 4 is 0 Å². The van der Waals surface area contributed by atoms with Crippen LogP contribution in [0.4, 0.5) is 0 Å². The standard InChI is InChI=1S/C15H21NO5/c1-19-7-10-5-11(14(18)13(10)17)16-6-9-3-2-4-12-15(9)21-8-20-12/h2-4,10-11,13-14,16-18H,5-8H2,1H3. The molecule has 3 rings (SSSR count). The average Bonchev–Trinajstić information content (AvgIpc) is 3.06. The quantitative estimate of drug-likeness (QED) is 0.723. The third-order valence-electron chi connectivity index (χ3n) is 4.22. The van der Waals surface area contributed by atoms with E-state index >= 15 is 0 Å². The number of methoxy groups -OCH3 is 1. The van der Waals surface area contributed by atoms with Crippen molar-refractivity contribution in [3.63, 3.8) is 0 Å². The van der Waals surface area contributed by atoms with Crippen LogP contribution < -0.4 is 14.8 Å². The van der Waals surface area contributed by atoms with Gasteiger partial charge in [0, 0.05) is 31.2 Å². The lowest BCUT2D eigenvalue weighted by Gasteiger charge is -2.18. The second-order valence-electron chi connectivity index (χ2n) is 5.57. The van der Waals surface area contributed by atoms with E-state index in [9.17, 15) is 10.2 Å². The molecule has 6 heteroatoms. The van der Waals surface area contributed by atoms with Crippen LogP contribution in [-0.4, -0.2) is 49.0 Å². The van der Waals surface area contributed by atoms with Gasteiger partial charge in [-0.15, -0.1) is 0 Å². The first-order chi connectivity index (χ1) is 10.2. The molecular weight excluding hydrogens is 274 g/mol. The van der Waals surface area contributed by atoms with E-state index in [-0.39, 0.29) is 18.8 Å². The first kappa shape index (κ1) is 14.6. The molecular formula is C15H21NO5. The maximum absolute atomic E-state index is 10.1. The summed E-state index contributed by atoms with van der Waals surface area (Å²) in [5, 5.41) is 23.4. The van der Waals surface area contributed by atoms with Crippen LogP contribution in [0.1, 0.15) is 12.0 Å². The molecule has 1 heterocycles. The predicted molar refractivity (Wildman–Crippen MR) is 75.2 cm³/mol. The first-order valence-corrected chi connectivity index (χ1v) is 7.16. The number of hydrogen-bond acceptors (Lipinski definition) is 6. The summed E-state index contributed by atoms with van der Waals surface area (Å²) < 4.78 is 15.9. The van der Waals surface area contributed by atoms with Crippen LogP contribution in [0.25, 0.3) is 0 Å². The molecule has 3 N–H and O–H groups in total. The predicted octanol–water partition coefficient (Wildman–Crippen LogP) is 0.262. The second kappa shape index (κ2) is 6.19. The van der Waals surface area contributed by atoms with Gasteiger partial charge in [0.25, 0.3) is 0 Å². The Morgan fingerprint density at radius 2 is 2.14 bits per heavy atom. The molecule has 2 aliphatic rings. The fraction of sp³-hybridized carbons (Fsp3) is 0.600. The monoisotopic (exact) mass is 295 g/mol. The lowest BCUT2D eigenvalue weighted by molar-refractivity contribution is -0.00598. The van der Waals surface area contributed by atoms with Gasteiger partial charge in [0.2, 0.25) is 6.79 Å². The Kier molecular flexibility index (Phi) is 4.30. The molecule has 4 atom stereocenters. The lowest BCUT2D eigenvalue weighted by atomic mass is 10.1. The number of para-hydroxylation sites is 1. The van der Waals surface area contributed by atoms with Gasteiger partial charge >= 0.3 is 0 Å². The van der Waals surface area contributed by atoms with Crippen molar-refractivity contribution in [3.05, 3.63) is 23.8 Å². The maximum atomic E-state index is 10.1. The van der Waals surface area contributed by atoms with E-state index in [1.807, 2.05) is 18.2 Å². The SMILES string of the molecule is COCC1CC(NCc2cccc3c2OCO3)C(O)C1O. The lowest BCUT2D eigenvalue weighted by Crippen LogP contribution is -2.39. The molecule has 0 radical (unpaired) electrons. The molecule has 4 unspecified atom stereocenters. The van der Waals surface area contributed by atoms with E-state index in [2.05, 4.69) is 5.32 Å². The van der Waals surface area contributed by atoms with E-state index in [0.29, 0.717) is 19.6 Å². The Balaban J connectivity index is 1.62. The summed E-state index contributed by atoms with van der Waals surface area (Å²) in [6.07, 6.45) is -0.842. The highest BCUT2D eigenvalue weighted by Gasteiger charge is 2.41. The molecule has 1 saturated carbocycles. The summed E-state index contributed by atoms with van der Waals surface area (Å²) in [6.45, 7) is 1.25. The van der Waals surface area contributed by atoms with Gasteiger partial charge in [-0.1, -0.05) is 12.1 Å². The minimum atomic E-state index is -0.779. The Bertz CT molecular complexity index is 495. The average molecular weight is 295 g/mol. The molecule has 116 valence electrons. The highest BCUT2D eigenvalue weighted by molar-refractivity contribution is 5.48. The van der Waals surface area contributed by atoms with Crippen molar-refractivity contribution in [1.82, 2.24) is 5.32 Å². The number of benzene rings is 1. The maximum Gasteiger partial charge on any atom is 0.231 e. The van der Waals surface area contributed by atoms with Gasteiger partial charge in [-0.25, -0.2) is 0 Å². The van der Waals surface area contributed by atoms with Gasteiger partial charge in [0.1, 0.15) is 0 Å². The number of rotatable bonds is 5. The normalized spacial score (nSPS) is 30.8. The number of ether oxygens (including phenoxy) is 3. The molecule has 1 aromatic rings. The van der Waals surface area contributed by atoms with Crippen molar-refractivity contribution in [3.8, 4) is 11.5 Å². The Morgan fingerprint density at radius 3 is 2.95 bits per heavy atom. The topological polar surface area (TPSA) is 80.2 Å². The third-order valence-corrected chi connectivity index (χ3v) is 4.22. The molecule has 6 nitrogen and oxygen atoms in total. The van der Waals surface area contributed by atoms with Gasteiger partial charge in [-0.2, -0.15) is 0 Å². The van der Waals surface area contributed by atoms with Crippen LogP contribution in [0.15, 0.2) is 18.2 Å². The molecule has 21 heavy (non-hydrogen) atoms. The van der Waals surface area contributed by atoms with Crippen molar-refractivity contribution < 1.29 is 24.4 Å². The van der Waals surface area contributed by atoms with Crippen molar-refractivity contribution in [1.29, 1.82) is 0 Å². The van der Waals surface area contributed by atoms with E-state index in [1.54, 1.807) is 7.11 Å². The molecule has 0 aromatic heterocycles. The summed E-state index contributed by atoms with van der Waals surface area (Å²) in [6, 6.07) is 5.59. The largest absolute Gasteiger partial charge is 0.454 e. The number of aliphatic hydroxyl groups is 2. The number of fused-ring (bicyclic) bond motifs is 1. The molecule has 0 spiro atoms. The van der Waals surface area contributed by atoms with E-state index < -0.39 is 12.2 Å². The molecule has 0 saturated heterocycles. The van der Waals surface area contributed by atoms with Crippen molar-refractivity contribution in [2.24, 2.45) is 5.92 Å². The van der Waals surface area contributed by atoms with Gasteiger partial charge in [0.05, 0.1) is 18.8 Å². The molecule has 1 fully saturated rings. The molecule has 0 amide bonds. The molecule has 1 aliphatic heterocycles. The van der Waals surface area contributed by atoms with Crippen LogP contribution in [0.3, 0.4) is 0 Å². The number of hydrogen-bond donors (Lipinski definition) is 3. The zero-order chi connectivity index (χ0) is 14.8. The van der Waals surface area contributed by atoms with Crippen LogP contribution in [0.2, 0.25) is 0 Å². The summed E-state index contributed by atoms with van der Waals surface area (Å²) in [5.41, 5.74) is 0.988. The Labute approximate surface area is 123 Å². The summed E-state index contributed by atoms with van der Waals surface area (Å²) >= 11 is 0. The fourth-order valence-corrected chi connectivity index (χ4v) is 3.08. The fourth-order valence-electron chi connectivity index (χ4n) is 3.08. The Morgan fingerprint density at radius 1 is 1.29 bits per heavy atom. The highest BCUT2D eigenvalue weighted by Crippen LogP contribution is 2.35. The van der Waals surface area contributed by atoms with E-state index in [0.717, 1.165) is 17.1 Å². The third kappa shape index (κ3) is 2.85. The van der Waals surface area contributed by atoms with Crippen LogP contribution in [0.5, 0.6) is 11.5 Å². The smallest absolute Gasteiger partial charge is 0.231 e. The second-order valence-corrected chi connectivity index (χ2v) is 5.57. The number of aliphatic hydroxyl groups excluding tert-OH is 2. The molecule has 0 bridgehead atoms. The highest BCUT2D eigenvalue weighted by atomic mass is 16.7. The van der Waals surface area contributed by atoms with Gasteiger partial charge in [0.15, 0.2) is 11.5 Å². The zero-order valence-electron chi connectivity index (χ0n) is 12.0. The summed E-state index contributed by atoms with van der Waals surface area (Å²) in [5.74, 6) is 1.47. The van der Waals surface area contributed by atoms with Gasteiger partial charge in [-0.05, 0) is 12.5 Å².